The molecular weight excluding hydrogens is 463 g/mol. The lowest BCUT2D eigenvalue weighted by molar-refractivity contribution is -0.129. The predicted molar refractivity (Wildman–Crippen MR) is 138 cm³/mol. The number of esters is 1. The Bertz CT molecular complexity index is 1180. The van der Waals surface area contributed by atoms with Crippen LogP contribution in [0.4, 0.5) is 4.39 Å². The summed E-state index contributed by atoms with van der Waals surface area (Å²) in [6, 6.07) is 16.0. The van der Waals surface area contributed by atoms with Gasteiger partial charge in [0.1, 0.15) is 29.4 Å². The number of ether oxygens (including phenoxy) is 3. The molecule has 0 heterocycles. The second-order valence-corrected chi connectivity index (χ2v) is 6.70. The highest BCUT2D eigenvalue weighted by atomic mass is 19.1. The molecule has 0 atom stereocenters. The standard InChI is InChI=1S/C23H17FO5.C3H4O.C3H6/c1-3-23(26)29-22-13-19(15-6-10-18(11-7-15)28-14-25)21(24)12-20(22)16-4-8-17(27-2)9-5-16;1-2-3-4;1-3-2/h3-14H,1H2,2H3;2-3H,1H2;3H,1H2,2H3. The van der Waals surface area contributed by atoms with E-state index in [4.69, 9.17) is 19.0 Å². The van der Waals surface area contributed by atoms with Gasteiger partial charge >= 0.3 is 5.97 Å². The van der Waals surface area contributed by atoms with E-state index in [9.17, 15) is 14.0 Å². The number of methoxy groups -OCH3 is 1. The Morgan fingerprint density at radius 2 is 1.36 bits per heavy atom. The number of rotatable bonds is 8. The van der Waals surface area contributed by atoms with Crippen molar-refractivity contribution in [3.63, 3.8) is 0 Å². The van der Waals surface area contributed by atoms with Crippen molar-refractivity contribution in [2.45, 2.75) is 6.92 Å². The zero-order valence-electron chi connectivity index (χ0n) is 20.1. The molecule has 0 spiro atoms. The Labute approximate surface area is 209 Å². The number of allylic oxidation sites excluding steroid dienone is 2. The SMILES string of the molecule is C=CC.C=CC(=O)Oc1cc(-c2ccc(OC=O)cc2)c(F)cc1-c1ccc(OC)cc1.C=CC=O. The molecular formula is C29H27FO6. The van der Waals surface area contributed by atoms with Crippen molar-refractivity contribution in [1.82, 2.24) is 0 Å². The Morgan fingerprint density at radius 3 is 1.81 bits per heavy atom. The molecule has 0 fully saturated rings. The van der Waals surface area contributed by atoms with Crippen molar-refractivity contribution in [3.05, 3.63) is 104 Å². The first-order chi connectivity index (χ1) is 17.4. The van der Waals surface area contributed by atoms with Crippen LogP contribution in [0.3, 0.4) is 0 Å². The Morgan fingerprint density at radius 1 is 0.861 bits per heavy atom. The van der Waals surface area contributed by atoms with Gasteiger partial charge in [-0.15, -0.1) is 6.58 Å². The van der Waals surface area contributed by atoms with Crippen LogP contribution < -0.4 is 14.2 Å². The molecule has 3 aromatic rings. The minimum Gasteiger partial charge on any atom is -0.497 e. The second-order valence-electron chi connectivity index (χ2n) is 6.70. The molecule has 0 N–H and O–H groups in total. The third-order valence-corrected chi connectivity index (χ3v) is 4.29. The van der Waals surface area contributed by atoms with Crippen LogP contribution >= 0.6 is 0 Å². The fourth-order valence-electron chi connectivity index (χ4n) is 2.77. The first-order valence-corrected chi connectivity index (χ1v) is 10.5. The minimum absolute atomic E-state index is 0.185. The van der Waals surface area contributed by atoms with E-state index in [1.165, 1.54) is 30.3 Å². The van der Waals surface area contributed by atoms with Gasteiger partial charge in [0, 0.05) is 17.2 Å². The molecule has 0 amide bonds. The van der Waals surface area contributed by atoms with Crippen LogP contribution in [-0.4, -0.2) is 25.8 Å². The van der Waals surface area contributed by atoms with E-state index in [2.05, 4.69) is 19.7 Å². The van der Waals surface area contributed by atoms with Crippen LogP contribution in [0.15, 0.2) is 98.6 Å². The molecule has 0 aromatic heterocycles. The summed E-state index contributed by atoms with van der Waals surface area (Å²) in [5.74, 6) is 0.000410. The topological polar surface area (TPSA) is 78.9 Å². The molecule has 3 rings (SSSR count). The largest absolute Gasteiger partial charge is 0.497 e. The van der Waals surface area contributed by atoms with Crippen molar-refractivity contribution in [2.24, 2.45) is 0 Å². The lowest BCUT2D eigenvalue weighted by atomic mass is 9.98. The fraction of sp³-hybridized carbons (Fsp3) is 0.0690. The predicted octanol–water partition coefficient (Wildman–Crippen LogP) is 6.36. The smallest absolute Gasteiger partial charge is 0.335 e. The summed E-state index contributed by atoms with van der Waals surface area (Å²) in [7, 11) is 1.55. The number of aldehydes is 1. The van der Waals surface area contributed by atoms with E-state index in [1.807, 2.05) is 6.92 Å². The number of hydrogen-bond acceptors (Lipinski definition) is 6. The molecule has 0 aliphatic rings. The minimum atomic E-state index is -0.660. The Hall–Kier alpha value is -4.78. The first kappa shape index (κ1) is 29.3. The summed E-state index contributed by atoms with van der Waals surface area (Å²) in [4.78, 5) is 31.3. The number of carbonyl (C=O) groups excluding carboxylic acids is 3. The van der Waals surface area contributed by atoms with Gasteiger partial charge in [0.15, 0.2) is 0 Å². The van der Waals surface area contributed by atoms with Gasteiger partial charge in [0.2, 0.25) is 0 Å². The van der Waals surface area contributed by atoms with Crippen molar-refractivity contribution in [1.29, 1.82) is 0 Å². The molecule has 0 bridgehead atoms. The maximum absolute atomic E-state index is 14.9. The summed E-state index contributed by atoms with van der Waals surface area (Å²) < 4.78 is 30.2. The van der Waals surface area contributed by atoms with Gasteiger partial charge in [-0.25, -0.2) is 9.18 Å². The highest BCUT2D eigenvalue weighted by molar-refractivity contribution is 5.87. The van der Waals surface area contributed by atoms with Gasteiger partial charge in [-0.2, -0.15) is 0 Å². The normalized spacial score (nSPS) is 9.08. The zero-order valence-corrected chi connectivity index (χ0v) is 20.1. The average molecular weight is 491 g/mol. The highest BCUT2D eigenvalue weighted by Crippen LogP contribution is 2.37. The maximum atomic E-state index is 14.9. The molecule has 0 aliphatic heterocycles. The number of hydrogen-bond donors (Lipinski definition) is 0. The van der Waals surface area contributed by atoms with Crippen molar-refractivity contribution in [3.8, 4) is 39.5 Å². The number of benzene rings is 3. The second kappa shape index (κ2) is 16.0. The van der Waals surface area contributed by atoms with Crippen LogP contribution in [0, 0.1) is 5.82 Å². The van der Waals surface area contributed by atoms with Crippen LogP contribution in [0.5, 0.6) is 17.2 Å². The fourth-order valence-corrected chi connectivity index (χ4v) is 2.77. The van der Waals surface area contributed by atoms with Gasteiger partial charge in [-0.05, 0) is 60.5 Å². The summed E-state index contributed by atoms with van der Waals surface area (Å²) in [5, 5.41) is 0. The van der Waals surface area contributed by atoms with Gasteiger partial charge in [0.05, 0.1) is 7.11 Å². The average Bonchev–Trinajstić information content (AvgIpc) is 2.90. The van der Waals surface area contributed by atoms with Gasteiger partial charge in [-0.1, -0.05) is 43.5 Å². The molecule has 6 nitrogen and oxygen atoms in total. The summed E-state index contributed by atoms with van der Waals surface area (Å²) in [6.07, 6.45) is 4.62. The molecule has 186 valence electrons. The summed E-state index contributed by atoms with van der Waals surface area (Å²) in [6.45, 7) is 12.1. The lowest BCUT2D eigenvalue weighted by Crippen LogP contribution is -2.05. The Balaban J connectivity index is 0.000000825. The molecule has 0 radical (unpaired) electrons. The van der Waals surface area contributed by atoms with Gasteiger partial charge in [-0.3, -0.25) is 9.59 Å². The third-order valence-electron chi connectivity index (χ3n) is 4.29. The van der Waals surface area contributed by atoms with Crippen molar-refractivity contribution >= 4 is 18.7 Å². The first-order valence-electron chi connectivity index (χ1n) is 10.5. The monoisotopic (exact) mass is 490 g/mol. The van der Waals surface area contributed by atoms with E-state index in [-0.39, 0.29) is 11.3 Å². The molecule has 0 unspecified atom stereocenters. The van der Waals surface area contributed by atoms with E-state index >= 15 is 0 Å². The maximum Gasteiger partial charge on any atom is 0.335 e. The molecule has 0 saturated heterocycles. The molecule has 0 aliphatic carbocycles. The van der Waals surface area contributed by atoms with Gasteiger partial charge < -0.3 is 14.2 Å². The van der Waals surface area contributed by atoms with Crippen LogP contribution in [0.1, 0.15) is 6.92 Å². The molecule has 3 aromatic carbocycles. The number of carbonyl (C=O) groups is 3. The van der Waals surface area contributed by atoms with E-state index in [0.717, 1.165) is 6.08 Å². The zero-order chi connectivity index (χ0) is 26.9. The molecule has 36 heavy (non-hydrogen) atoms. The Kier molecular flexibility index (Phi) is 13.0. The van der Waals surface area contributed by atoms with Crippen molar-refractivity contribution < 1.29 is 33.0 Å². The van der Waals surface area contributed by atoms with Crippen LogP contribution in [-0.2, 0) is 14.4 Å². The quantitative estimate of drug-likeness (QED) is 0.120. The van der Waals surface area contributed by atoms with E-state index in [1.54, 1.807) is 49.6 Å². The molecule has 0 saturated carbocycles. The highest BCUT2D eigenvalue weighted by Gasteiger charge is 2.16. The summed E-state index contributed by atoms with van der Waals surface area (Å²) >= 11 is 0. The van der Waals surface area contributed by atoms with Crippen molar-refractivity contribution in [2.75, 3.05) is 7.11 Å². The summed E-state index contributed by atoms with van der Waals surface area (Å²) in [5.41, 5.74) is 1.81. The van der Waals surface area contributed by atoms with E-state index < -0.39 is 11.8 Å². The lowest BCUT2D eigenvalue weighted by Gasteiger charge is -2.14. The van der Waals surface area contributed by atoms with Crippen LogP contribution in [0.2, 0.25) is 0 Å². The van der Waals surface area contributed by atoms with Crippen LogP contribution in [0.25, 0.3) is 22.3 Å². The van der Waals surface area contributed by atoms with E-state index in [0.29, 0.717) is 40.9 Å². The molecule has 7 heteroatoms. The third kappa shape index (κ3) is 8.87. The van der Waals surface area contributed by atoms with Gasteiger partial charge in [0.25, 0.3) is 6.47 Å². The number of halogens is 1.